The van der Waals surface area contributed by atoms with Gasteiger partial charge in [0.1, 0.15) is 0 Å². The standard InChI is InChI=1S/C25H28IN3O/c1-17-14-20(18(2)29(17)23-12-10-22(26)11-13-23)16-27-28-24(30)15-19-6-8-21(9-7-19)25(3,4)5/h6-14,16H,15H2,1-5H3,(H,28,30)/b27-16-. The fraction of sp³-hybridized carbons (Fsp3) is 0.280. The molecule has 5 heteroatoms. The molecule has 3 rings (SSSR count). The molecule has 0 atom stereocenters. The molecule has 4 nitrogen and oxygen atoms in total. The number of hydrogen-bond donors (Lipinski definition) is 1. The van der Waals surface area contributed by atoms with E-state index in [1.165, 1.54) is 9.13 Å². The zero-order chi connectivity index (χ0) is 21.9. The van der Waals surface area contributed by atoms with Gasteiger partial charge in [-0.15, -0.1) is 0 Å². The molecule has 0 spiro atoms. The van der Waals surface area contributed by atoms with Crippen molar-refractivity contribution in [3.05, 3.63) is 86.2 Å². The summed E-state index contributed by atoms with van der Waals surface area (Å²) in [5, 5.41) is 4.18. The number of hydrazone groups is 1. The molecule has 0 aliphatic carbocycles. The SMILES string of the molecule is Cc1cc(/C=N\NC(=O)Cc2ccc(C(C)(C)C)cc2)c(C)n1-c1ccc(I)cc1. The van der Waals surface area contributed by atoms with Crippen molar-refractivity contribution in [2.45, 2.75) is 46.5 Å². The predicted octanol–water partition coefficient (Wildman–Crippen LogP) is 5.69. The average molecular weight is 513 g/mol. The molecule has 1 aromatic heterocycles. The summed E-state index contributed by atoms with van der Waals surface area (Å²) in [5.74, 6) is -0.124. The van der Waals surface area contributed by atoms with Gasteiger partial charge in [0.05, 0.1) is 12.6 Å². The van der Waals surface area contributed by atoms with Gasteiger partial charge in [0, 0.05) is 26.2 Å². The van der Waals surface area contributed by atoms with Crippen LogP contribution in [0, 0.1) is 17.4 Å². The summed E-state index contributed by atoms with van der Waals surface area (Å²) in [6.45, 7) is 10.7. The number of carbonyl (C=O) groups excluding carboxylic acids is 1. The van der Waals surface area contributed by atoms with Crippen LogP contribution in [0.15, 0.2) is 59.7 Å². The number of benzene rings is 2. The van der Waals surface area contributed by atoms with Gasteiger partial charge in [0.15, 0.2) is 0 Å². The average Bonchev–Trinajstić information content (AvgIpc) is 2.96. The summed E-state index contributed by atoms with van der Waals surface area (Å²) in [7, 11) is 0. The lowest BCUT2D eigenvalue weighted by molar-refractivity contribution is -0.120. The van der Waals surface area contributed by atoms with E-state index in [0.29, 0.717) is 6.42 Å². The first-order valence-corrected chi connectivity index (χ1v) is 11.1. The van der Waals surface area contributed by atoms with Gasteiger partial charge in [0.2, 0.25) is 5.91 Å². The molecule has 0 unspecified atom stereocenters. The van der Waals surface area contributed by atoms with Crippen molar-refractivity contribution in [2.24, 2.45) is 5.10 Å². The van der Waals surface area contributed by atoms with Gasteiger partial charge in [-0.1, -0.05) is 45.0 Å². The molecule has 0 aliphatic rings. The fourth-order valence-electron chi connectivity index (χ4n) is 3.43. The fourth-order valence-corrected chi connectivity index (χ4v) is 3.79. The number of nitrogens with one attached hydrogen (secondary N) is 1. The molecule has 1 N–H and O–H groups in total. The number of rotatable bonds is 5. The molecular weight excluding hydrogens is 485 g/mol. The number of nitrogens with zero attached hydrogens (tertiary/aromatic N) is 2. The second kappa shape index (κ2) is 9.16. The summed E-state index contributed by atoms with van der Waals surface area (Å²) in [6.07, 6.45) is 2.02. The summed E-state index contributed by atoms with van der Waals surface area (Å²) in [6, 6.07) is 18.7. The van der Waals surface area contributed by atoms with Crippen molar-refractivity contribution in [3.63, 3.8) is 0 Å². The van der Waals surface area contributed by atoms with Gasteiger partial charge < -0.3 is 4.57 Å². The lowest BCUT2D eigenvalue weighted by Crippen LogP contribution is -2.20. The van der Waals surface area contributed by atoms with Crippen molar-refractivity contribution in [3.8, 4) is 5.69 Å². The first kappa shape index (κ1) is 22.3. The Labute approximate surface area is 192 Å². The lowest BCUT2D eigenvalue weighted by Gasteiger charge is -2.19. The van der Waals surface area contributed by atoms with Gasteiger partial charge in [-0.3, -0.25) is 4.79 Å². The van der Waals surface area contributed by atoms with Gasteiger partial charge in [0.25, 0.3) is 0 Å². The van der Waals surface area contributed by atoms with E-state index in [4.69, 9.17) is 0 Å². The molecule has 1 amide bonds. The molecule has 2 aromatic carbocycles. The number of aromatic nitrogens is 1. The molecule has 1 heterocycles. The maximum atomic E-state index is 12.3. The summed E-state index contributed by atoms with van der Waals surface area (Å²) >= 11 is 2.30. The Hall–Kier alpha value is -2.41. The van der Waals surface area contributed by atoms with E-state index in [1.807, 2.05) is 12.1 Å². The third-order valence-corrected chi connectivity index (χ3v) is 5.85. The zero-order valence-corrected chi connectivity index (χ0v) is 20.3. The molecule has 156 valence electrons. The Balaban J connectivity index is 1.65. The van der Waals surface area contributed by atoms with Crippen LogP contribution in [0.2, 0.25) is 0 Å². The summed E-state index contributed by atoms with van der Waals surface area (Å²) in [4.78, 5) is 12.3. The Morgan fingerprint density at radius 2 is 1.70 bits per heavy atom. The number of carbonyl (C=O) groups is 1. The minimum atomic E-state index is -0.124. The molecule has 0 radical (unpaired) electrons. The molecular formula is C25H28IN3O. The van der Waals surface area contributed by atoms with Gasteiger partial charge in [-0.25, -0.2) is 5.43 Å². The molecule has 0 fully saturated rings. The van der Waals surface area contributed by atoms with Crippen LogP contribution in [0.4, 0.5) is 0 Å². The normalized spacial score (nSPS) is 11.8. The minimum absolute atomic E-state index is 0.107. The first-order valence-electron chi connectivity index (χ1n) is 10.0. The Bertz CT molecular complexity index is 1060. The van der Waals surface area contributed by atoms with Gasteiger partial charge in [-0.05, 0) is 83.3 Å². The first-order chi connectivity index (χ1) is 14.1. The van der Waals surface area contributed by atoms with E-state index in [0.717, 1.165) is 28.2 Å². The number of amides is 1. The van der Waals surface area contributed by atoms with E-state index in [2.05, 4.69) is 115 Å². The molecule has 0 aliphatic heterocycles. The Kier molecular flexibility index (Phi) is 6.81. The van der Waals surface area contributed by atoms with Crippen LogP contribution in [0.5, 0.6) is 0 Å². The van der Waals surface area contributed by atoms with Crippen LogP contribution in [0.3, 0.4) is 0 Å². The van der Waals surface area contributed by atoms with Crippen molar-refractivity contribution in [1.82, 2.24) is 9.99 Å². The summed E-state index contributed by atoms with van der Waals surface area (Å²) in [5.41, 5.74) is 9.31. The Morgan fingerprint density at radius 3 is 2.30 bits per heavy atom. The Morgan fingerprint density at radius 1 is 1.07 bits per heavy atom. The van der Waals surface area contributed by atoms with Gasteiger partial charge >= 0.3 is 0 Å². The van der Waals surface area contributed by atoms with Crippen molar-refractivity contribution >= 4 is 34.7 Å². The van der Waals surface area contributed by atoms with Crippen LogP contribution >= 0.6 is 22.6 Å². The topological polar surface area (TPSA) is 46.4 Å². The third kappa shape index (κ3) is 5.39. The van der Waals surface area contributed by atoms with Gasteiger partial charge in [-0.2, -0.15) is 5.10 Å². The highest BCUT2D eigenvalue weighted by molar-refractivity contribution is 14.1. The van der Waals surface area contributed by atoms with Crippen LogP contribution in [-0.4, -0.2) is 16.7 Å². The highest BCUT2D eigenvalue weighted by Crippen LogP contribution is 2.22. The van der Waals surface area contributed by atoms with E-state index in [9.17, 15) is 4.79 Å². The van der Waals surface area contributed by atoms with E-state index in [1.54, 1.807) is 6.21 Å². The van der Waals surface area contributed by atoms with E-state index in [-0.39, 0.29) is 11.3 Å². The van der Waals surface area contributed by atoms with Crippen molar-refractivity contribution in [1.29, 1.82) is 0 Å². The largest absolute Gasteiger partial charge is 0.318 e. The van der Waals surface area contributed by atoms with Crippen molar-refractivity contribution in [2.75, 3.05) is 0 Å². The summed E-state index contributed by atoms with van der Waals surface area (Å²) < 4.78 is 3.40. The maximum Gasteiger partial charge on any atom is 0.244 e. The second-order valence-electron chi connectivity index (χ2n) is 8.56. The van der Waals surface area contributed by atoms with Crippen LogP contribution in [-0.2, 0) is 16.6 Å². The highest BCUT2D eigenvalue weighted by atomic mass is 127. The monoisotopic (exact) mass is 513 g/mol. The van der Waals surface area contributed by atoms with E-state index < -0.39 is 0 Å². The molecule has 30 heavy (non-hydrogen) atoms. The smallest absolute Gasteiger partial charge is 0.244 e. The van der Waals surface area contributed by atoms with Crippen molar-refractivity contribution < 1.29 is 4.79 Å². The zero-order valence-electron chi connectivity index (χ0n) is 18.2. The quantitative estimate of drug-likeness (QED) is 0.266. The third-order valence-electron chi connectivity index (χ3n) is 5.13. The highest BCUT2D eigenvalue weighted by Gasteiger charge is 2.13. The van der Waals surface area contributed by atoms with Crippen LogP contribution < -0.4 is 5.43 Å². The number of aryl methyl sites for hydroxylation is 1. The van der Waals surface area contributed by atoms with Crippen LogP contribution in [0.1, 0.15) is 48.8 Å². The lowest BCUT2D eigenvalue weighted by atomic mass is 9.86. The van der Waals surface area contributed by atoms with Crippen LogP contribution in [0.25, 0.3) is 5.69 Å². The molecule has 0 saturated heterocycles. The second-order valence-corrected chi connectivity index (χ2v) is 9.80. The maximum absolute atomic E-state index is 12.3. The van der Waals surface area contributed by atoms with E-state index >= 15 is 0 Å². The molecule has 0 saturated carbocycles. The predicted molar refractivity (Wildman–Crippen MR) is 133 cm³/mol. The molecule has 0 bridgehead atoms. The number of hydrogen-bond acceptors (Lipinski definition) is 2. The number of halogens is 1. The minimum Gasteiger partial charge on any atom is -0.318 e. The molecule has 3 aromatic rings.